The zero-order valence-electron chi connectivity index (χ0n) is 21.4. The molecule has 1 heterocycles. The van der Waals surface area contributed by atoms with E-state index in [4.69, 9.17) is 17.3 Å². The van der Waals surface area contributed by atoms with Gasteiger partial charge >= 0.3 is 6.18 Å². The Labute approximate surface area is 250 Å². The number of anilines is 2. The Kier molecular flexibility index (Phi) is 16.0. The maximum atomic E-state index is 14.6. The topological polar surface area (TPSA) is 142 Å². The number of carbonyl (C=O) groups excluding carboxylic acids is 2. The van der Waals surface area contributed by atoms with Crippen LogP contribution in [0, 0.1) is 11.6 Å². The molecule has 7 N–H and O–H groups in total. The van der Waals surface area contributed by atoms with Crippen molar-refractivity contribution in [2.45, 2.75) is 31.4 Å². The Morgan fingerprint density at radius 2 is 1.76 bits per heavy atom. The summed E-state index contributed by atoms with van der Waals surface area (Å²) < 4.78 is 66.3. The molecule has 232 valence electrons. The summed E-state index contributed by atoms with van der Waals surface area (Å²) in [5.74, 6) is -3.32. The highest BCUT2D eigenvalue weighted by Crippen LogP contribution is 2.31. The maximum absolute atomic E-state index is 14.6. The van der Waals surface area contributed by atoms with E-state index in [1.165, 1.54) is 12.1 Å². The number of hydrogen-bond donors (Lipinski definition) is 4. The van der Waals surface area contributed by atoms with Crippen molar-refractivity contribution in [3.05, 3.63) is 58.1 Å². The van der Waals surface area contributed by atoms with Gasteiger partial charge in [-0.25, -0.2) is 8.78 Å². The van der Waals surface area contributed by atoms with Crippen LogP contribution in [0.15, 0.2) is 30.3 Å². The van der Waals surface area contributed by atoms with Crippen LogP contribution in [0.2, 0.25) is 5.02 Å². The summed E-state index contributed by atoms with van der Waals surface area (Å²) in [5, 5.41) is 14.9. The molecule has 3 rings (SSSR count). The van der Waals surface area contributed by atoms with Crippen LogP contribution < -0.4 is 21.3 Å². The molecule has 1 saturated heterocycles. The second-order valence-corrected chi connectivity index (χ2v) is 9.17. The molecular formula is C24H31Cl3F5N5O4. The average molecular weight is 655 g/mol. The molecular weight excluding hydrogens is 624 g/mol. The number of benzene rings is 2. The molecule has 0 aromatic heterocycles. The van der Waals surface area contributed by atoms with Gasteiger partial charge in [0.05, 0.1) is 17.8 Å². The normalized spacial score (nSPS) is 15.1. The van der Waals surface area contributed by atoms with Crippen molar-refractivity contribution in [2.75, 3.05) is 42.9 Å². The molecule has 17 heteroatoms. The smallest absolute Gasteiger partial charge is 0.390 e. The zero-order valence-corrected chi connectivity index (χ0v) is 23.8. The van der Waals surface area contributed by atoms with Gasteiger partial charge in [0.15, 0.2) is 11.6 Å². The number of alkyl halides is 3. The third-order valence-electron chi connectivity index (χ3n) is 6.10. The van der Waals surface area contributed by atoms with E-state index in [-0.39, 0.29) is 48.0 Å². The number of carbonyl (C=O) groups is 2. The first-order chi connectivity index (χ1) is 17.9. The number of aliphatic hydroxyl groups is 1. The van der Waals surface area contributed by atoms with Gasteiger partial charge in [0.25, 0.3) is 5.91 Å². The molecule has 0 radical (unpaired) electrons. The molecule has 1 amide bonds. The standard InChI is InChI=1S/C24H27ClF5N5O3.2ClH.H2O/c25-14-1-4-18(20(11-14)35-9-7-34(8-10-35)6-5-24(28,29)30)33-23(38)15-2-3-17(26)21(27)16(15)12-32-19(13-36)22(31)37;;;/h1-4,11,13,19,22,32,37H,5-10,12,31H2,(H,33,38);2*1H;1H2. The molecule has 0 bridgehead atoms. The maximum Gasteiger partial charge on any atom is 0.390 e. The predicted octanol–water partition coefficient (Wildman–Crippen LogP) is 2.90. The largest absolute Gasteiger partial charge is 0.412 e. The Morgan fingerprint density at radius 1 is 1.12 bits per heavy atom. The van der Waals surface area contributed by atoms with Gasteiger partial charge in [-0.15, -0.1) is 24.8 Å². The minimum absolute atomic E-state index is 0. The monoisotopic (exact) mass is 653 g/mol. The minimum atomic E-state index is -4.24. The first kappa shape index (κ1) is 38.7. The average Bonchev–Trinajstić information content (AvgIpc) is 2.86. The van der Waals surface area contributed by atoms with Gasteiger partial charge in [-0.2, -0.15) is 13.2 Å². The van der Waals surface area contributed by atoms with Crippen LogP contribution in [0.1, 0.15) is 22.3 Å². The summed E-state index contributed by atoms with van der Waals surface area (Å²) in [6.07, 6.45) is -6.46. The van der Waals surface area contributed by atoms with E-state index in [9.17, 15) is 36.6 Å². The van der Waals surface area contributed by atoms with Crippen LogP contribution in [0.25, 0.3) is 0 Å². The molecule has 0 spiro atoms. The quantitative estimate of drug-likeness (QED) is 0.175. The summed E-state index contributed by atoms with van der Waals surface area (Å²) >= 11 is 6.16. The number of halogens is 8. The third kappa shape index (κ3) is 10.8. The van der Waals surface area contributed by atoms with E-state index in [0.717, 1.165) is 12.1 Å². The molecule has 2 aromatic carbocycles. The lowest BCUT2D eigenvalue weighted by atomic mass is 10.0. The first-order valence-corrected chi connectivity index (χ1v) is 12.0. The summed E-state index contributed by atoms with van der Waals surface area (Å²) in [5.41, 5.74) is 5.46. The van der Waals surface area contributed by atoms with Gasteiger partial charge in [0, 0.05) is 55.4 Å². The number of nitrogens with zero attached hydrogens (tertiary/aromatic N) is 2. The van der Waals surface area contributed by atoms with Gasteiger partial charge in [-0.3, -0.25) is 9.69 Å². The highest BCUT2D eigenvalue weighted by Gasteiger charge is 2.29. The van der Waals surface area contributed by atoms with Crippen molar-refractivity contribution in [3.63, 3.8) is 0 Å². The number of amides is 1. The zero-order chi connectivity index (χ0) is 28.0. The summed E-state index contributed by atoms with van der Waals surface area (Å²) in [7, 11) is 0. The lowest BCUT2D eigenvalue weighted by molar-refractivity contribution is -0.138. The molecule has 2 aromatic rings. The number of hydrogen-bond acceptors (Lipinski definition) is 7. The van der Waals surface area contributed by atoms with Crippen molar-refractivity contribution in [2.24, 2.45) is 5.73 Å². The summed E-state index contributed by atoms with van der Waals surface area (Å²) in [4.78, 5) is 27.8. The third-order valence-corrected chi connectivity index (χ3v) is 6.34. The highest BCUT2D eigenvalue weighted by molar-refractivity contribution is 6.31. The molecule has 2 unspecified atom stereocenters. The van der Waals surface area contributed by atoms with Crippen molar-refractivity contribution in [1.29, 1.82) is 0 Å². The molecule has 2 atom stereocenters. The van der Waals surface area contributed by atoms with Crippen molar-refractivity contribution in [1.82, 2.24) is 10.2 Å². The van der Waals surface area contributed by atoms with Crippen molar-refractivity contribution >= 4 is 60.0 Å². The predicted molar refractivity (Wildman–Crippen MR) is 150 cm³/mol. The molecule has 41 heavy (non-hydrogen) atoms. The van der Waals surface area contributed by atoms with Gasteiger partial charge in [0.2, 0.25) is 0 Å². The molecule has 1 aliphatic rings. The Hall–Kier alpha value is -2.30. The molecule has 0 saturated carbocycles. The van der Waals surface area contributed by atoms with Crippen LogP contribution in [-0.4, -0.2) is 78.8 Å². The van der Waals surface area contributed by atoms with Crippen LogP contribution in [-0.2, 0) is 11.3 Å². The molecule has 1 fully saturated rings. The van der Waals surface area contributed by atoms with Gasteiger partial charge in [-0.1, -0.05) is 11.6 Å². The van der Waals surface area contributed by atoms with Gasteiger partial charge < -0.3 is 36.6 Å². The van der Waals surface area contributed by atoms with E-state index >= 15 is 0 Å². The van der Waals surface area contributed by atoms with Gasteiger partial charge in [0.1, 0.15) is 18.6 Å². The van der Waals surface area contributed by atoms with E-state index in [1.807, 2.05) is 4.90 Å². The Bertz CT molecular complexity index is 1160. The Balaban J connectivity index is 0.00000533. The van der Waals surface area contributed by atoms with Crippen LogP contribution in [0.4, 0.5) is 33.3 Å². The van der Waals surface area contributed by atoms with Crippen LogP contribution in [0.3, 0.4) is 0 Å². The van der Waals surface area contributed by atoms with E-state index in [1.54, 1.807) is 11.0 Å². The second-order valence-electron chi connectivity index (χ2n) is 8.73. The van der Waals surface area contributed by atoms with Crippen molar-refractivity contribution < 1.29 is 42.1 Å². The van der Waals surface area contributed by atoms with Crippen molar-refractivity contribution in [3.8, 4) is 0 Å². The van der Waals surface area contributed by atoms with Crippen LogP contribution in [0.5, 0.6) is 0 Å². The lowest BCUT2D eigenvalue weighted by Gasteiger charge is -2.37. The van der Waals surface area contributed by atoms with Gasteiger partial charge in [-0.05, 0) is 30.3 Å². The molecule has 1 aliphatic heterocycles. The fourth-order valence-corrected chi connectivity index (χ4v) is 4.17. The molecule has 9 nitrogen and oxygen atoms in total. The number of piperazine rings is 1. The highest BCUT2D eigenvalue weighted by atomic mass is 35.5. The Morgan fingerprint density at radius 3 is 2.32 bits per heavy atom. The van der Waals surface area contributed by atoms with Crippen LogP contribution >= 0.6 is 36.4 Å². The lowest BCUT2D eigenvalue weighted by Crippen LogP contribution is -2.47. The minimum Gasteiger partial charge on any atom is -0.412 e. The number of aliphatic hydroxyl groups excluding tert-OH is 1. The van der Waals surface area contributed by atoms with E-state index in [2.05, 4.69) is 10.6 Å². The SMILES string of the molecule is Cl.Cl.NC(O)C(C=O)NCc1c(C(=O)Nc2ccc(Cl)cc2N2CCN(CCC(F)(F)F)CC2)ccc(F)c1F.O. The number of nitrogens with two attached hydrogens (primary N) is 1. The fourth-order valence-electron chi connectivity index (χ4n) is 4.01. The molecule has 0 aliphatic carbocycles. The second kappa shape index (κ2) is 17.0. The number of nitrogens with one attached hydrogen (secondary N) is 2. The summed E-state index contributed by atoms with van der Waals surface area (Å²) in [6.45, 7) is 0.860. The summed E-state index contributed by atoms with van der Waals surface area (Å²) in [6, 6.07) is 5.21. The number of aldehydes is 1. The van der Waals surface area contributed by atoms with E-state index < -0.39 is 49.0 Å². The number of rotatable bonds is 10. The first-order valence-electron chi connectivity index (χ1n) is 11.6. The van der Waals surface area contributed by atoms with E-state index in [0.29, 0.717) is 48.9 Å². The fraction of sp³-hybridized carbons (Fsp3) is 0.417.